The van der Waals surface area contributed by atoms with E-state index in [0.717, 1.165) is 0 Å². The molecule has 0 saturated carbocycles. The molecule has 0 aliphatic carbocycles. The van der Waals surface area contributed by atoms with Crippen molar-refractivity contribution in [2.24, 2.45) is 0 Å². The number of hydrogen-bond donors (Lipinski definition) is 2. The molecule has 0 unspecified atom stereocenters. The van der Waals surface area contributed by atoms with E-state index in [2.05, 4.69) is 4.52 Å². The third-order valence-electron chi connectivity index (χ3n) is 0.297. The van der Waals surface area contributed by atoms with Gasteiger partial charge in [0, 0.05) is 0 Å². The van der Waals surface area contributed by atoms with Crippen molar-refractivity contribution < 1.29 is 18.9 Å². The van der Waals surface area contributed by atoms with Gasteiger partial charge in [-0.25, -0.2) is 4.57 Å². The van der Waals surface area contributed by atoms with Crippen LogP contribution in [0.3, 0.4) is 0 Å². The van der Waals surface area contributed by atoms with Crippen molar-refractivity contribution in [2.45, 2.75) is 6.92 Å². The van der Waals surface area contributed by atoms with Crippen molar-refractivity contribution in [1.29, 1.82) is 0 Å². The summed E-state index contributed by atoms with van der Waals surface area (Å²) in [5.74, 6) is 0. The molecule has 0 aliphatic rings. The van der Waals surface area contributed by atoms with E-state index < -0.39 is 7.82 Å². The number of hydrogen-bond acceptors (Lipinski definition) is 2. The van der Waals surface area contributed by atoms with Crippen LogP contribution in [-0.4, -0.2) is 119 Å². The Balaban J connectivity index is -0.000000180. The fourth-order valence-corrected chi connectivity index (χ4v) is 0.505. The van der Waals surface area contributed by atoms with Crippen molar-refractivity contribution in [2.75, 3.05) is 6.61 Å². The molecule has 0 aromatic heterocycles. The minimum absolute atomic E-state index is 0. The van der Waals surface area contributed by atoms with Crippen LogP contribution in [0.5, 0.6) is 0 Å². The topological polar surface area (TPSA) is 66.8 Å². The van der Waals surface area contributed by atoms with E-state index in [9.17, 15) is 4.57 Å². The first kappa shape index (κ1) is 18.2. The summed E-state index contributed by atoms with van der Waals surface area (Å²) >= 11 is 0. The van der Waals surface area contributed by atoms with E-state index in [1.54, 1.807) is 0 Å². The zero-order chi connectivity index (χ0) is 5.91. The molecule has 0 aromatic carbocycles. The minimum atomic E-state index is -4.17. The maximum atomic E-state index is 9.70. The van der Waals surface area contributed by atoms with Crippen LogP contribution in [0.25, 0.3) is 0 Å². The average Bonchev–Trinajstić information content (AvgIpc) is 1.30. The van der Waals surface area contributed by atoms with Crippen LogP contribution in [0, 0.1) is 0 Å². The van der Waals surface area contributed by atoms with Gasteiger partial charge in [-0.3, -0.25) is 4.52 Å². The van der Waals surface area contributed by atoms with E-state index in [1.165, 1.54) is 6.92 Å². The molecule has 2 N–H and O–H groups in total. The molecule has 0 fully saturated rings. The Kier molecular flexibility index (Phi) is 19.2. The van der Waals surface area contributed by atoms with Gasteiger partial charge in [-0.1, -0.05) is 0 Å². The molecule has 7 heteroatoms. The predicted octanol–water partition coefficient (Wildman–Crippen LogP) is -1.18. The van der Waals surface area contributed by atoms with Gasteiger partial charge in [-0.05, 0) is 6.92 Å². The molecule has 0 amide bonds. The van der Waals surface area contributed by atoms with Crippen LogP contribution < -0.4 is 0 Å². The molecule has 0 heterocycles. The fraction of sp³-hybridized carbons (Fsp3) is 1.00. The summed E-state index contributed by atoms with van der Waals surface area (Å²) in [6.45, 7) is 1.56. The summed E-state index contributed by atoms with van der Waals surface area (Å²) in [6.07, 6.45) is 0. The first-order valence-electron chi connectivity index (χ1n) is 1.76. The summed E-state index contributed by atoms with van der Waals surface area (Å²) in [7, 11) is -4.17. The standard InChI is InChI=1S/C2H7O4P.2K.2H/c1-2-6-7(3,4)5;;;;/h2H2,1H3,(H2,3,4,5);;;;. The Hall–Kier alpha value is 3.38. The molecule has 0 saturated heterocycles. The van der Waals surface area contributed by atoms with E-state index in [0.29, 0.717) is 0 Å². The van der Waals surface area contributed by atoms with Gasteiger partial charge in [0.1, 0.15) is 0 Å². The summed E-state index contributed by atoms with van der Waals surface area (Å²) in [5.41, 5.74) is 0. The van der Waals surface area contributed by atoms with Crippen LogP contribution in [0.4, 0.5) is 0 Å². The second-order valence-corrected chi connectivity index (χ2v) is 2.15. The third kappa shape index (κ3) is 18.4. The van der Waals surface area contributed by atoms with E-state index >= 15 is 0 Å². The Bertz CT molecular complexity index is 90.6. The summed E-state index contributed by atoms with van der Waals surface area (Å²) in [6, 6.07) is 0. The van der Waals surface area contributed by atoms with Crippen LogP contribution in [-0.2, 0) is 9.09 Å². The number of rotatable bonds is 2. The fourth-order valence-electron chi connectivity index (χ4n) is 0.168. The van der Waals surface area contributed by atoms with Gasteiger partial charge in [0.2, 0.25) is 0 Å². The molecule has 0 bridgehead atoms. The maximum absolute atomic E-state index is 9.70. The SMILES string of the molecule is CCOP(=O)(O)O.[KH].[KH]. The molecule has 0 spiro atoms. The zero-order valence-electron chi connectivity index (χ0n) is 3.87. The summed E-state index contributed by atoms with van der Waals surface area (Å²) < 4.78 is 13.6. The normalized spacial score (nSPS) is 9.22. The Labute approximate surface area is 139 Å². The van der Waals surface area contributed by atoms with Gasteiger partial charge in [0.05, 0.1) is 6.61 Å². The van der Waals surface area contributed by atoms with Crippen molar-refractivity contribution in [3.05, 3.63) is 0 Å². The summed E-state index contributed by atoms with van der Waals surface area (Å²) in [5, 5.41) is 0. The van der Waals surface area contributed by atoms with Crippen molar-refractivity contribution in [3.63, 3.8) is 0 Å². The van der Waals surface area contributed by atoms with Crippen LogP contribution in [0.1, 0.15) is 6.92 Å². The van der Waals surface area contributed by atoms with Gasteiger partial charge in [0.15, 0.2) is 0 Å². The van der Waals surface area contributed by atoms with Crippen LogP contribution in [0.15, 0.2) is 0 Å². The predicted molar refractivity (Wildman–Crippen MR) is 38.0 cm³/mol. The molecule has 0 rings (SSSR count). The van der Waals surface area contributed by atoms with Crippen molar-refractivity contribution in [3.8, 4) is 0 Å². The second-order valence-electron chi connectivity index (χ2n) is 0.908. The number of phosphoric acid groups is 1. The summed E-state index contributed by atoms with van der Waals surface area (Å²) in [4.78, 5) is 15.8. The van der Waals surface area contributed by atoms with Crippen LogP contribution in [0.2, 0.25) is 0 Å². The van der Waals surface area contributed by atoms with Gasteiger partial charge in [0.25, 0.3) is 0 Å². The third-order valence-corrected chi connectivity index (χ3v) is 0.892. The monoisotopic (exact) mass is 206 g/mol. The van der Waals surface area contributed by atoms with Crippen molar-refractivity contribution in [1.82, 2.24) is 0 Å². The second kappa shape index (κ2) is 9.47. The van der Waals surface area contributed by atoms with Crippen LogP contribution >= 0.6 is 7.82 Å². The molecule has 48 valence electrons. The Morgan fingerprint density at radius 1 is 1.44 bits per heavy atom. The van der Waals surface area contributed by atoms with E-state index in [1.807, 2.05) is 0 Å². The molecular formula is C2H9K2O4P. The molecule has 9 heavy (non-hydrogen) atoms. The average molecular weight is 206 g/mol. The van der Waals surface area contributed by atoms with Gasteiger partial charge in [-0.15, -0.1) is 0 Å². The molecule has 0 aromatic rings. The Morgan fingerprint density at radius 3 is 1.78 bits per heavy atom. The molecular weight excluding hydrogens is 197 g/mol. The van der Waals surface area contributed by atoms with Gasteiger partial charge < -0.3 is 9.79 Å². The molecule has 0 radical (unpaired) electrons. The van der Waals surface area contributed by atoms with Gasteiger partial charge in [-0.2, -0.15) is 0 Å². The van der Waals surface area contributed by atoms with Crippen molar-refractivity contribution >= 4 is 111 Å². The van der Waals surface area contributed by atoms with E-state index in [-0.39, 0.29) is 109 Å². The first-order valence-corrected chi connectivity index (χ1v) is 3.29. The first-order chi connectivity index (χ1) is 3.06. The quantitative estimate of drug-likeness (QED) is 0.441. The molecule has 0 atom stereocenters. The van der Waals surface area contributed by atoms with Gasteiger partial charge >= 0.3 is 111 Å². The zero-order valence-corrected chi connectivity index (χ0v) is 4.76. The Morgan fingerprint density at radius 2 is 1.78 bits per heavy atom. The molecule has 0 aliphatic heterocycles. The molecule has 4 nitrogen and oxygen atoms in total. The number of phosphoric ester groups is 1. The van der Waals surface area contributed by atoms with E-state index in [4.69, 9.17) is 9.79 Å².